The van der Waals surface area contributed by atoms with E-state index >= 15 is 0 Å². The van der Waals surface area contributed by atoms with E-state index in [0.717, 1.165) is 23.5 Å². The lowest BCUT2D eigenvalue weighted by Gasteiger charge is -2.32. The van der Waals surface area contributed by atoms with E-state index in [9.17, 15) is 4.79 Å². The zero-order valence-corrected chi connectivity index (χ0v) is 14.8. The maximum Gasteiger partial charge on any atom is 0.238 e. The van der Waals surface area contributed by atoms with E-state index in [1.165, 1.54) is 19.3 Å². The lowest BCUT2D eigenvalue weighted by Crippen LogP contribution is -2.42. The predicted molar refractivity (Wildman–Crippen MR) is 101 cm³/mol. The number of hydrogen-bond acceptors (Lipinski definition) is 3. The second-order valence-electron chi connectivity index (χ2n) is 6.66. The van der Waals surface area contributed by atoms with Gasteiger partial charge in [0, 0.05) is 11.7 Å². The summed E-state index contributed by atoms with van der Waals surface area (Å²) < 4.78 is 5.77. The fraction of sp³-hybridized carbons (Fsp3) is 0.381. The Labute approximate surface area is 149 Å². The first kappa shape index (κ1) is 17.5. The number of benzene rings is 2. The molecule has 0 bridgehead atoms. The number of nitrogens with zero attached hydrogens (tertiary/aromatic N) is 1. The molecule has 1 aliphatic rings. The van der Waals surface area contributed by atoms with E-state index in [2.05, 4.69) is 17.1 Å². The minimum absolute atomic E-state index is 0.0479. The topological polar surface area (TPSA) is 41.6 Å². The quantitative estimate of drug-likeness (QED) is 0.863. The van der Waals surface area contributed by atoms with Gasteiger partial charge in [-0.2, -0.15) is 0 Å². The Bertz CT molecular complexity index is 670. The van der Waals surface area contributed by atoms with Gasteiger partial charge in [0.2, 0.25) is 5.91 Å². The molecule has 0 aromatic heterocycles. The standard InChI is InChI=1S/C21H26N2O2/c1-17-7-5-6-14-23(17)15-21(24)22-19-10-12-20(13-11-19)25-16-18-8-3-2-4-9-18/h2-4,8-13,17H,5-7,14-16H2,1H3,(H,22,24)/t17-/m1/s1. The van der Waals surface area contributed by atoms with Gasteiger partial charge in [-0.05, 0) is 56.1 Å². The lowest BCUT2D eigenvalue weighted by atomic mass is 10.0. The van der Waals surface area contributed by atoms with E-state index in [1.807, 2.05) is 54.6 Å². The van der Waals surface area contributed by atoms with E-state index in [1.54, 1.807) is 0 Å². The summed E-state index contributed by atoms with van der Waals surface area (Å²) >= 11 is 0. The molecule has 2 aromatic rings. The second-order valence-corrected chi connectivity index (χ2v) is 6.66. The number of likely N-dealkylation sites (tertiary alicyclic amines) is 1. The number of anilines is 1. The van der Waals surface area contributed by atoms with E-state index in [-0.39, 0.29) is 5.91 Å². The largest absolute Gasteiger partial charge is 0.489 e. The first-order valence-corrected chi connectivity index (χ1v) is 9.01. The molecular formula is C21H26N2O2. The van der Waals surface area contributed by atoms with Crippen molar-refractivity contribution in [3.63, 3.8) is 0 Å². The van der Waals surface area contributed by atoms with Crippen molar-refractivity contribution >= 4 is 11.6 Å². The molecule has 1 aliphatic heterocycles. The van der Waals surface area contributed by atoms with Gasteiger partial charge in [-0.3, -0.25) is 9.69 Å². The molecular weight excluding hydrogens is 312 g/mol. The molecule has 1 atom stereocenters. The fourth-order valence-electron chi connectivity index (χ4n) is 3.15. The molecule has 0 unspecified atom stereocenters. The van der Waals surface area contributed by atoms with Crippen LogP contribution >= 0.6 is 0 Å². The van der Waals surface area contributed by atoms with E-state index in [0.29, 0.717) is 19.2 Å². The molecule has 1 saturated heterocycles. The third-order valence-electron chi connectivity index (χ3n) is 4.67. The summed E-state index contributed by atoms with van der Waals surface area (Å²) in [7, 11) is 0. The van der Waals surface area contributed by atoms with Crippen LogP contribution < -0.4 is 10.1 Å². The van der Waals surface area contributed by atoms with Gasteiger partial charge in [0.05, 0.1) is 6.54 Å². The summed E-state index contributed by atoms with van der Waals surface area (Å²) in [5, 5.41) is 2.97. The molecule has 4 heteroatoms. The molecule has 4 nitrogen and oxygen atoms in total. The number of nitrogens with one attached hydrogen (secondary N) is 1. The van der Waals surface area contributed by atoms with Crippen LogP contribution in [0.15, 0.2) is 54.6 Å². The number of carbonyl (C=O) groups excluding carboxylic acids is 1. The van der Waals surface area contributed by atoms with Crippen LogP contribution in [0.5, 0.6) is 5.75 Å². The van der Waals surface area contributed by atoms with Gasteiger partial charge in [0.15, 0.2) is 0 Å². The van der Waals surface area contributed by atoms with Gasteiger partial charge in [-0.1, -0.05) is 36.8 Å². The molecule has 1 N–H and O–H groups in total. The van der Waals surface area contributed by atoms with Crippen LogP contribution in [0.3, 0.4) is 0 Å². The molecule has 3 rings (SSSR count). The fourth-order valence-corrected chi connectivity index (χ4v) is 3.15. The Balaban J connectivity index is 1.47. The number of rotatable bonds is 6. The summed E-state index contributed by atoms with van der Waals surface area (Å²) in [5.41, 5.74) is 1.94. The predicted octanol–water partition coefficient (Wildman–Crippen LogP) is 4.08. The summed E-state index contributed by atoms with van der Waals surface area (Å²) in [6, 6.07) is 18.1. The Morgan fingerprint density at radius 2 is 1.88 bits per heavy atom. The Kier molecular flexibility index (Phi) is 6.07. The minimum Gasteiger partial charge on any atom is -0.489 e. The number of carbonyl (C=O) groups is 1. The molecule has 1 heterocycles. The second kappa shape index (κ2) is 8.67. The molecule has 0 saturated carbocycles. The molecule has 1 fully saturated rings. The van der Waals surface area contributed by atoms with Crippen molar-refractivity contribution in [3.05, 3.63) is 60.2 Å². The Hall–Kier alpha value is -2.33. The van der Waals surface area contributed by atoms with Crippen LogP contribution in [0.2, 0.25) is 0 Å². The highest BCUT2D eigenvalue weighted by Gasteiger charge is 2.20. The number of ether oxygens (including phenoxy) is 1. The molecule has 0 spiro atoms. The summed E-state index contributed by atoms with van der Waals surface area (Å²) in [6.45, 7) is 4.22. The molecule has 2 aromatic carbocycles. The van der Waals surface area contributed by atoms with E-state index < -0.39 is 0 Å². The van der Waals surface area contributed by atoms with Crippen LogP contribution in [0.1, 0.15) is 31.7 Å². The molecule has 0 aliphatic carbocycles. The summed E-state index contributed by atoms with van der Waals surface area (Å²) in [4.78, 5) is 14.5. The lowest BCUT2D eigenvalue weighted by molar-refractivity contribution is -0.118. The monoisotopic (exact) mass is 338 g/mol. The summed E-state index contributed by atoms with van der Waals surface area (Å²) in [5.74, 6) is 0.846. The van der Waals surface area contributed by atoms with Crippen LogP contribution in [0, 0.1) is 0 Å². The van der Waals surface area contributed by atoms with Crippen molar-refractivity contribution in [2.75, 3.05) is 18.4 Å². The van der Waals surface area contributed by atoms with Crippen LogP contribution in [-0.2, 0) is 11.4 Å². The highest BCUT2D eigenvalue weighted by Crippen LogP contribution is 2.18. The van der Waals surface area contributed by atoms with Gasteiger partial charge in [-0.25, -0.2) is 0 Å². The highest BCUT2D eigenvalue weighted by molar-refractivity contribution is 5.92. The maximum atomic E-state index is 12.2. The zero-order valence-electron chi connectivity index (χ0n) is 14.8. The molecule has 132 valence electrons. The number of piperidine rings is 1. The van der Waals surface area contributed by atoms with E-state index in [4.69, 9.17) is 4.74 Å². The van der Waals surface area contributed by atoms with Crippen LogP contribution in [-0.4, -0.2) is 29.9 Å². The molecule has 1 amide bonds. The van der Waals surface area contributed by atoms with Crippen molar-refractivity contribution in [2.24, 2.45) is 0 Å². The third-order valence-corrected chi connectivity index (χ3v) is 4.67. The van der Waals surface area contributed by atoms with Gasteiger partial charge < -0.3 is 10.1 Å². The van der Waals surface area contributed by atoms with Crippen LogP contribution in [0.4, 0.5) is 5.69 Å². The van der Waals surface area contributed by atoms with Gasteiger partial charge in [0.1, 0.15) is 12.4 Å². The Morgan fingerprint density at radius 1 is 1.12 bits per heavy atom. The minimum atomic E-state index is 0.0479. The maximum absolute atomic E-state index is 12.2. The average molecular weight is 338 g/mol. The Morgan fingerprint density at radius 3 is 2.60 bits per heavy atom. The average Bonchev–Trinajstić information content (AvgIpc) is 2.64. The van der Waals surface area contributed by atoms with Crippen molar-refractivity contribution < 1.29 is 9.53 Å². The third kappa shape index (κ3) is 5.33. The first-order valence-electron chi connectivity index (χ1n) is 9.01. The molecule has 25 heavy (non-hydrogen) atoms. The number of amides is 1. The van der Waals surface area contributed by atoms with Gasteiger partial charge in [-0.15, -0.1) is 0 Å². The smallest absolute Gasteiger partial charge is 0.238 e. The van der Waals surface area contributed by atoms with Gasteiger partial charge in [0.25, 0.3) is 0 Å². The summed E-state index contributed by atoms with van der Waals surface area (Å²) in [6.07, 6.45) is 3.63. The van der Waals surface area contributed by atoms with Gasteiger partial charge >= 0.3 is 0 Å². The highest BCUT2D eigenvalue weighted by atomic mass is 16.5. The van der Waals surface area contributed by atoms with Crippen molar-refractivity contribution in [2.45, 2.75) is 38.8 Å². The normalized spacial score (nSPS) is 17.9. The number of hydrogen-bond donors (Lipinski definition) is 1. The van der Waals surface area contributed by atoms with Crippen LogP contribution in [0.25, 0.3) is 0 Å². The van der Waals surface area contributed by atoms with Crippen molar-refractivity contribution in [1.29, 1.82) is 0 Å². The van der Waals surface area contributed by atoms with Crippen molar-refractivity contribution in [1.82, 2.24) is 4.90 Å². The zero-order chi connectivity index (χ0) is 17.5. The SMILES string of the molecule is C[C@@H]1CCCCN1CC(=O)Nc1ccc(OCc2ccccc2)cc1. The van der Waals surface area contributed by atoms with Crippen molar-refractivity contribution in [3.8, 4) is 5.75 Å². The molecule has 0 radical (unpaired) electrons. The first-order chi connectivity index (χ1) is 12.2.